The first-order chi connectivity index (χ1) is 27.6. The zero-order valence-corrected chi connectivity index (χ0v) is 38.9. The summed E-state index contributed by atoms with van der Waals surface area (Å²) in [5, 5.41) is 0.767. The van der Waals surface area contributed by atoms with Gasteiger partial charge in [-0.3, -0.25) is 0 Å². The lowest BCUT2D eigenvalue weighted by molar-refractivity contribution is -0.00515. The van der Waals surface area contributed by atoms with Crippen LogP contribution in [-0.2, 0) is 27.1 Å². The third kappa shape index (κ3) is 8.25. The summed E-state index contributed by atoms with van der Waals surface area (Å²) in [6.45, 7) is 27.7. The highest BCUT2D eigenvalue weighted by atomic mass is 35.5. The Balaban J connectivity index is 1.46. The van der Waals surface area contributed by atoms with E-state index in [-0.39, 0.29) is 27.1 Å². The molecule has 4 aliphatic carbocycles. The van der Waals surface area contributed by atoms with Crippen LogP contribution in [0.15, 0.2) is 109 Å². The molecule has 3 heteroatoms. The molecule has 59 heavy (non-hydrogen) atoms. The Kier molecular flexibility index (Phi) is 10.5. The molecule has 4 bridgehead atoms. The van der Waals surface area contributed by atoms with Crippen molar-refractivity contribution in [1.29, 1.82) is 0 Å². The van der Waals surface area contributed by atoms with Gasteiger partial charge < -0.3 is 9.80 Å². The second-order valence-electron chi connectivity index (χ2n) is 22.9. The summed E-state index contributed by atoms with van der Waals surface area (Å²) in [7, 11) is 0. The SMILES string of the molecule is CC(C)(C)c1cccc(N(c2cccc(C(C)(C)C)c2)c2cc(C34CC5CC(CC(C5)C3)C4)cc(N(c3cccc(C(C)(C)C)c3)c3cccc(C(C)(C)C)c3)c2Cl)c1. The normalized spacial score (nSPS) is 21.8. The Morgan fingerprint density at radius 2 is 0.695 bits per heavy atom. The minimum atomic E-state index is -0.0160. The highest BCUT2D eigenvalue weighted by molar-refractivity contribution is 6.36. The molecule has 4 aliphatic rings. The van der Waals surface area contributed by atoms with Gasteiger partial charge in [-0.25, -0.2) is 0 Å². The summed E-state index contributed by atoms with van der Waals surface area (Å²) in [5.74, 6) is 2.44. The van der Waals surface area contributed by atoms with Crippen LogP contribution >= 0.6 is 11.6 Å². The van der Waals surface area contributed by atoms with E-state index in [9.17, 15) is 0 Å². The van der Waals surface area contributed by atoms with Gasteiger partial charge in [0.25, 0.3) is 0 Å². The highest BCUT2D eigenvalue weighted by Crippen LogP contribution is 2.62. The lowest BCUT2D eigenvalue weighted by atomic mass is 9.48. The summed E-state index contributed by atoms with van der Waals surface area (Å²) in [4.78, 5) is 4.96. The molecule has 0 aliphatic heterocycles. The Hall–Kier alpha value is -4.01. The van der Waals surface area contributed by atoms with Gasteiger partial charge in [-0.1, -0.05) is 143 Å². The van der Waals surface area contributed by atoms with E-state index in [1.807, 2.05) is 0 Å². The first-order valence-electron chi connectivity index (χ1n) is 22.5. The average molecular weight is 806 g/mol. The molecule has 0 amide bonds. The fraction of sp³-hybridized carbons (Fsp3) is 0.464. The van der Waals surface area contributed by atoms with Gasteiger partial charge in [0.05, 0.1) is 16.4 Å². The molecule has 5 aromatic carbocycles. The van der Waals surface area contributed by atoms with Crippen molar-refractivity contribution in [3.63, 3.8) is 0 Å². The van der Waals surface area contributed by atoms with Gasteiger partial charge in [-0.05, 0) is 172 Å². The van der Waals surface area contributed by atoms with E-state index in [1.54, 1.807) is 0 Å². The number of rotatable bonds is 7. The number of hydrogen-bond acceptors (Lipinski definition) is 2. The minimum Gasteiger partial charge on any atom is -0.309 e. The fourth-order valence-electron chi connectivity index (χ4n) is 11.0. The molecule has 0 spiro atoms. The van der Waals surface area contributed by atoms with Crippen LogP contribution < -0.4 is 9.80 Å². The second-order valence-corrected chi connectivity index (χ2v) is 23.3. The van der Waals surface area contributed by atoms with Crippen molar-refractivity contribution in [3.8, 4) is 0 Å². The first kappa shape index (κ1) is 41.7. The summed E-state index contributed by atoms with van der Waals surface area (Å²) in [6, 6.07) is 41.8. The topological polar surface area (TPSA) is 6.48 Å². The zero-order valence-electron chi connectivity index (χ0n) is 38.1. The van der Waals surface area contributed by atoms with Crippen LogP contribution in [0, 0.1) is 17.8 Å². The number of nitrogens with zero attached hydrogens (tertiary/aromatic N) is 2. The Labute approximate surface area is 362 Å². The van der Waals surface area contributed by atoms with Crippen molar-refractivity contribution in [3.05, 3.63) is 142 Å². The quantitative estimate of drug-likeness (QED) is 0.162. The maximum Gasteiger partial charge on any atom is 0.0887 e. The largest absolute Gasteiger partial charge is 0.309 e. The van der Waals surface area contributed by atoms with Crippen molar-refractivity contribution >= 4 is 45.7 Å². The predicted molar refractivity (Wildman–Crippen MR) is 255 cm³/mol. The molecule has 2 nitrogen and oxygen atoms in total. The number of benzene rings is 5. The fourth-order valence-corrected chi connectivity index (χ4v) is 11.3. The number of halogens is 1. The van der Waals surface area contributed by atoms with Crippen LogP contribution in [0.4, 0.5) is 34.1 Å². The van der Waals surface area contributed by atoms with Crippen LogP contribution in [0.5, 0.6) is 0 Å². The van der Waals surface area contributed by atoms with Crippen LogP contribution in [0.2, 0.25) is 5.02 Å². The van der Waals surface area contributed by atoms with Gasteiger partial charge >= 0.3 is 0 Å². The third-order valence-electron chi connectivity index (χ3n) is 14.0. The number of hydrogen-bond donors (Lipinski definition) is 0. The zero-order chi connectivity index (χ0) is 42.3. The van der Waals surface area contributed by atoms with E-state index in [0.29, 0.717) is 0 Å². The van der Waals surface area contributed by atoms with E-state index >= 15 is 0 Å². The summed E-state index contributed by atoms with van der Waals surface area (Å²) >= 11 is 8.21. The Bertz CT molecular complexity index is 2050. The Morgan fingerprint density at radius 3 is 0.949 bits per heavy atom. The molecule has 9 rings (SSSR count). The maximum atomic E-state index is 8.21. The van der Waals surface area contributed by atoms with Gasteiger partial charge in [0, 0.05) is 22.7 Å². The molecule has 0 radical (unpaired) electrons. The van der Waals surface area contributed by atoms with E-state index < -0.39 is 0 Å². The van der Waals surface area contributed by atoms with Crippen LogP contribution in [0.3, 0.4) is 0 Å². The highest BCUT2D eigenvalue weighted by Gasteiger charge is 2.52. The van der Waals surface area contributed by atoms with Crippen LogP contribution in [-0.4, -0.2) is 0 Å². The minimum absolute atomic E-state index is 0.0160. The van der Waals surface area contributed by atoms with E-state index in [1.165, 1.54) is 66.3 Å². The molecule has 0 saturated heterocycles. The van der Waals surface area contributed by atoms with E-state index in [2.05, 4.69) is 202 Å². The van der Waals surface area contributed by atoms with Crippen LogP contribution in [0.1, 0.15) is 149 Å². The molecule has 310 valence electrons. The summed E-state index contributed by atoms with van der Waals surface area (Å²) in [6.07, 6.45) is 8.04. The molecular formula is C56H69ClN2. The molecule has 0 heterocycles. The Morgan fingerprint density at radius 1 is 0.424 bits per heavy atom. The van der Waals surface area contributed by atoms with Gasteiger partial charge in [-0.2, -0.15) is 0 Å². The van der Waals surface area contributed by atoms with Gasteiger partial charge in [0.1, 0.15) is 0 Å². The van der Waals surface area contributed by atoms with E-state index in [4.69, 9.17) is 11.6 Å². The predicted octanol–water partition coefficient (Wildman–Crippen LogP) is 16.9. The van der Waals surface area contributed by atoms with Crippen molar-refractivity contribution in [2.45, 2.75) is 149 Å². The first-order valence-corrected chi connectivity index (χ1v) is 22.8. The summed E-state index contributed by atoms with van der Waals surface area (Å²) < 4.78 is 0. The molecule has 4 saturated carbocycles. The van der Waals surface area contributed by atoms with Crippen molar-refractivity contribution < 1.29 is 0 Å². The summed E-state index contributed by atoms with van der Waals surface area (Å²) in [5.41, 5.74) is 13.4. The van der Waals surface area contributed by atoms with Gasteiger partial charge in [0.2, 0.25) is 0 Å². The van der Waals surface area contributed by atoms with Crippen molar-refractivity contribution in [1.82, 2.24) is 0 Å². The standard InChI is InChI=1S/C56H69ClN2/c1-52(2,3)40-17-13-21-45(28-40)58(46-22-14-18-41(29-46)53(4,5)6)49-32-44(56-34-37-25-38(35-56)27-39(26-37)36-56)33-50(51(49)57)59(47-23-15-19-42(30-47)54(7,8)9)48-24-16-20-43(31-48)55(10,11)12/h13-24,28-33,37-39H,25-27,34-36H2,1-12H3. The smallest absolute Gasteiger partial charge is 0.0887 e. The molecule has 0 atom stereocenters. The van der Waals surface area contributed by atoms with Gasteiger partial charge in [-0.15, -0.1) is 0 Å². The van der Waals surface area contributed by atoms with Crippen molar-refractivity contribution in [2.24, 2.45) is 17.8 Å². The maximum absolute atomic E-state index is 8.21. The lowest BCUT2D eigenvalue weighted by Crippen LogP contribution is -2.48. The molecule has 0 aromatic heterocycles. The second kappa shape index (κ2) is 14.9. The van der Waals surface area contributed by atoms with Gasteiger partial charge in [0.15, 0.2) is 0 Å². The monoisotopic (exact) mass is 805 g/mol. The average Bonchev–Trinajstić information content (AvgIpc) is 3.15. The van der Waals surface area contributed by atoms with Crippen molar-refractivity contribution in [2.75, 3.05) is 9.80 Å². The third-order valence-corrected chi connectivity index (χ3v) is 14.4. The molecule has 0 N–H and O–H groups in total. The molecular weight excluding hydrogens is 736 g/mol. The lowest BCUT2D eigenvalue weighted by Gasteiger charge is -2.57. The van der Waals surface area contributed by atoms with Crippen LogP contribution in [0.25, 0.3) is 0 Å². The molecule has 0 unspecified atom stereocenters. The number of anilines is 6. The molecule has 4 fully saturated rings. The molecule has 5 aromatic rings. The van der Waals surface area contributed by atoms with E-state index in [0.717, 1.165) is 56.9 Å².